The number of ketones is 1. The molecule has 3 rings (SSSR count). The topological polar surface area (TPSA) is 136 Å². The van der Waals surface area contributed by atoms with Crippen molar-refractivity contribution in [2.45, 2.75) is 51.0 Å². The van der Waals surface area contributed by atoms with Crippen LogP contribution in [0.2, 0.25) is 0 Å². The van der Waals surface area contributed by atoms with E-state index in [1.54, 1.807) is 27.0 Å². The van der Waals surface area contributed by atoms with Crippen LogP contribution in [0.4, 0.5) is 0 Å². The number of benzene rings is 1. The summed E-state index contributed by atoms with van der Waals surface area (Å²) in [5, 5.41) is 31.5. The van der Waals surface area contributed by atoms with Gasteiger partial charge >= 0.3 is 5.63 Å². The summed E-state index contributed by atoms with van der Waals surface area (Å²) in [7, 11) is 1.41. The Bertz CT molecular complexity index is 1050. The molecule has 1 aromatic carbocycles. The lowest BCUT2D eigenvalue weighted by Gasteiger charge is -2.46. The molecule has 0 amide bonds. The summed E-state index contributed by atoms with van der Waals surface area (Å²) in [6.07, 6.45) is -2.95. The number of thioether (sulfide) groups is 1. The number of rotatable bonds is 6. The monoisotopic (exact) mass is 454 g/mol. The van der Waals surface area contributed by atoms with E-state index in [4.69, 9.17) is 18.6 Å². The van der Waals surface area contributed by atoms with Crippen LogP contribution >= 0.6 is 11.8 Å². The van der Waals surface area contributed by atoms with Crippen LogP contribution in [0, 0.1) is 6.92 Å². The molecule has 1 aromatic heterocycles. The van der Waals surface area contributed by atoms with Crippen LogP contribution in [0.3, 0.4) is 0 Å². The van der Waals surface area contributed by atoms with Crippen molar-refractivity contribution in [3.8, 4) is 11.5 Å². The number of Topliss-reactive ketones (excluding diaryl/α,β-unsaturated/α-hetero) is 1. The largest absolute Gasteiger partial charge is 0.506 e. The summed E-state index contributed by atoms with van der Waals surface area (Å²) in [6.45, 7) is 4.99. The van der Waals surface area contributed by atoms with Gasteiger partial charge < -0.3 is 33.9 Å². The second-order valence-electron chi connectivity index (χ2n) is 7.88. The van der Waals surface area contributed by atoms with Crippen LogP contribution < -0.4 is 10.4 Å². The summed E-state index contributed by atoms with van der Waals surface area (Å²) < 4.78 is 22.2. The minimum absolute atomic E-state index is 0.0293. The zero-order valence-corrected chi connectivity index (χ0v) is 18.7. The average Bonchev–Trinajstić information content (AvgIpc) is 2.68. The van der Waals surface area contributed by atoms with E-state index in [2.05, 4.69) is 0 Å². The highest BCUT2D eigenvalue weighted by Crippen LogP contribution is 2.37. The number of aliphatic hydroxyl groups is 2. The number of aryl methyl sites for hydroxylation is 1. The van der Waals surface area contributed by atoms with Crippen LogP contribution in [0.15, 0.2) is 21.3 Å². The Morgan fingerprint density at radius 3 is 2.55 bits per heavy atom. The second kappa shape index (κ2) is 8.79. The Morgan fingerprint density at radius 1 is 1.26 bits per heavy atom. The van der Waals surface area contributed by atoms with Crippen molar-refractivity contribution in [1.29, 1.82) is 0 Å². The molecule has 0 radical (unpaired) electrons. The van der Waals surface area contributed by atoms with Crippen molar-refractivity contribution < 1.29 is 38.7 Å². The molecule has 4 atom stereocenters. The predicted octanol–water partition coefficient (Wildman–Crippen LogP) is 1.60. The van der Waals surface area contributed by atoms with Crippen molar-refractivity contribution >= 4 is 28.5 Å². The summed E-state index contributed by atoms with van der Waals surface area (Å²) in [4.78, 5) is 24.5. The van der Waals surface area contributed by atoms with Gasteiger partial charge in [-0.25, -0.2) is 4.79 Å². The Balaban J connectivity index is 2.00. The van der Waals surface area contributed by atoms with Gasteiger partial charge in [-0.15, -0.1) is 0 Å². The lowest BCUT2D eigenvalue weighted by Crippen LogP contribution is -2.63. The number of fused-ring (bicyclic) bond motifs is 1. The van der Waals surface area contributed by atoms with Crippen molar-refractivity contribution in [3.63, 3.8) is 0 Å². The first-order chi connectivity index (χ1) is 14.5. The zero-order valence-electron chi connectivity index (χ0n) is 17.9. The van der Waals surface area contributed by atoms with E-state index in [0.29, 0.717) is 5.56 Å². The fraction of sp³-hybridized carbons (Fsp3) is 0.524. The van der Waals surface area contributed by atoms with Crippen molar-refractivity contribution in [2.75, 3.05) is 19.1 Å². The summed E-state index contributed by atoms with van der Waals surface area (Å²) >= 11 is 1.23. The quantitative estimate of drug-likeness (QED) is 0.436. The maximum Gasteiger partial charge on any atom is 0.351 e. The molecule has 170 valence electrons. The highest BCUT2D eigenvalue weighted by Gasteiger charge is 2.50. The molecule has 31 heavy (non-hydrogen) atoms. The molecule has 0 saturated carbocycles. The summed E-state index contributed by atoms with van der Waals surface area (Å²) in [6, 6.07) is 2.94. The van der Waals surface area contributed by atoms with Gasteiger partial charge in [0, 0.05) is 12.7 Å². The minimum Gasteiger partial charge on any atom is -0.506 e. The van der Waals surface area contributed by atoms with Crippen molar-refractivity contribution in [2.24, 2.45) is 0 Å². The molecule has 2 heterocycles. The van der Waals surface area contributed by atoms with Crippen molar-refractivity contribution in [1.82, 2.24) is 0 Å². The summed E-state index contributed by atoms with van der Waals surface area (Å²) in [5.74, 6) is -0.738. The fourth-order valence-electron chi connectivity index (χ4n) is 3.77. The highest BCUT2D eigenvalue weighted by molar-refractivity contribution is 7.99. The first-order valence-corrected chi connectivity index (χ1v) is 11.0. The van der Waals surface area contributed by atoms with E-state index in [1.807, 2.05) is 0 Å². The Hall–Kier alpha value is -2.11. The average molecular weight is 454 g/mol. The normalized spacial score (nSPS) is 25.5. The molecular weight excluding hydrogens is 428 g/mol. The van der Waals surface area contributed by atoms with Crippen LogP contribution in [-0.2, 0) is 9.47 Å². The third-order valence-electron chi connectivity index (χ3n) is 5.34. The fourth-order valence-corrected chi connectivity index (χ4v) is 4.18. The Morgan fingerprint density at radius 2 is 1.94 bits per heavy atom. The van der Waals surface area contributed by atoms with Gasteiger partial charge in [-0.2, -0.15) is 11.8 Å². The molecule has 0 spiro atoms. The molecule has 1 saturated heterocycles. The van der Waals surface area contributed by atoms with Gasteiger partial charge in [-0.3, -0.25) is 4.79 Å². The van der Waals surface area contributed by atoms with E-state index in [-0.39, 0.29) is 22.5 Å². The molecule has 1 fully saturated rings. The van der Waals surface area contributed by atoms with E-state index < -0.39 is 52.9 Å². The molecule has 1 aliphatic heterocycles. The molecule has 9 nitrogen and oxygen atoms in total. The van der Waals surface area contributed by atoms with Crippen molar-refractivity contribution in [3.05, 3.63) is 33.7 Å². The molecule has 0 aliphatic carbocycles. The molecular formula is C21H26O9S. The van der Waals surface area contributed by atoms with Crippen LogP contribution in [0.25, 0.3) is 11.0 Å². The Kier molecular flexibility index (Phi) is 6.68. The van der Waals surface area contributed by atoms with Gasteiger partial charge in [0.2, 0.25) is 6.29 Å². The molecule has 10 heteroatoms. The van der Waals surface area contributed by atoms with Gasteiger partial charge in [0.25, 0.3) is 0 Å². The molecule has 3 N–H and O–H groups in total. The van der Waals surface area contributed by atoms with Gasteiger partial charge in [-0.1, -0.05) is 0 Å². The lowest BCUT2D eigenvalue weighted by atomic mass is 9.89. The predicted molar refractivity (Wildman–Crippen MR) is 114 cm³/mol. The van der Waals surface area contributed by atoms with E-state index in [9.17, 15) is 24.9 Å². The van der Waals surface area contributed by atoms with Gasteiger partial charge in [0.05, 0.1) is 16.7 Å². The van der Waals surface area contributed by atoms with Gasteiger partial charge in [-0.05, 0) is 39.2 Å². The molecule has 2 aromatic rings. The van der Waals surface area contributed by atoms with Crippen LogP contribution in [0.1, 0.15) is 29.8 Å². The third kappa shape index (κ3) is 4.18. The number of carbonyl (C=O) groups is 1. The van der Waals surface area contributed by atoms with E-state index in [0.717, 1.165) is 0 Å². The minimum atomic E-state index is -1.40. The molecule has 1 aliphatic rings. The number of carbonyl (C=O) groups excluding carboxylic acids is 1. The standard InChI is InChI=1S/C21H26O9S/c1-9-12(28-20-16(25)15(24)18(27-4)21(2,3)30-20)7-6-10-14(23)13(11(22)8-31-5)19(26)29-17(9)10/h6-7,15-16,18,20,23-25H,8H2,1-5H3/t15-,16-,18-,20-/m1/s1. The second-order valence-corrected chi connectivity index (χ2v) is 8.75. The first kappa shape index (κ1) is 23.6. The molecule has 0 bridgehead atoms. The Labute approximate surface area is 182 Å². The zero-order chi connectivity index (χ0) is 23.1. The number of hydrogen-bond acceptors (Lipinski definition) is 10. The SMILES string of the molecule is CO[C@@H]1[C@H](O)[C@@H](O)[C@H](Oc2ccc3c(O)c(C(=O)CSC)c(=O)oc3c2C)OC1(C)C. The first-order valence-electron chi connectivity index (χ1n) is 9.58. The van der Waals surface area contributed by atoms with Crippen LogP contribution in [0.5, 0.6) is 11.5 Å². The van der Waals surface area contributed by atoms with Gasteiger partial charge in [0.15, 0.2) is 5.78 Å². The number of methoxy groups -OCH3 is 1. The number of ether oxygens (including phenoxy) is 3. The van der Waals surface area contributed by atoms with E-state index >= 15 is 0 Å². The lowest BCUT2D eigenvalue weighted by molar-refractivity contribution is -0.306. The maximum atomic E-state index is 12.4. The van der Waals surface area contributed by atoms with Crippen LogP contribution in [-0.4, -0.2) is 70.4 Å². The smallest absolute Gasteiger partial charge is 0.351 e. The van der Waals surface area contributed by atoms with Gasteiger partial charge in [0.1, 0.15) is 41.0 Å². The molecule has 0 unspecified atom stereocenters. The summed E-state index contributed by atoms with van der Waals surface area (Å²) in [5.41, 5.74) is -1.90. The highest BCUT2D eigenvalue weighted by atomic mass is 32.2. The number of hydrogen-bond donors (Lipinski definition) is 3. The maximum absolute atomic E-state index is 12.4. The third-order valence-corrected chi connectivity index (χ3v) is 5.89. The van der Waals surface area contributed by atoms with E-state index in [1.165, 1.54) is 31.0 Å². The number of aromatic hydroxyl groups is 1. The number of aliphatic hydroxyl groups excluding tert-OH is 2.